The number of nitrogens with two attached hydrogens (primary N) is 1. The number of anilines is 2. The van der Waals surface area contributed by atoms with Gasteiger partial charge < -0.3 is 11.1 Å². The van der Waals surface area contributed by atoms with Crippen molar-refractivity contribution in [3.63, 3.8) is 0 Å². The second-order valence-corrected chi connectivity index (χ2v) is 5.05. The molecular weight excluding hydrogens is 265 g/mol. The summed E-state index contributed by atoms with van der Waals surface area (Å²) in [6.45, 7) is 2.04. The zero-order valence-electron chi connectivity index (χ0n) is 11.7. The van der Waals surface area contributed by atoms with Crippen molar-refractivity contribution in [3.05, 3.63) is 66.1 Å². The van der Waals surface area contributed by atoms with E-state index in [1.54, 1.807) is 18.3 Å². The van der Waals surface area contributed by atoms with Crippen LogP contribution in [0, 0.1) is 5.82 Å². The Morgan fingerprint density at radius 1 is 1.10 bits per heavy atom. The van der Waals surface area contributed by atoms with Crippen molar-refractivity contribution in [3.8, 4) is 0 Å². The molecule has 0 radical (unpaired) electrons. The first-order chi connectivity index (χ1) is 10.1. The molecule has 3 N–H and O–H groups in total. The molecule has 3 nitrogen and oxygen atoms in total. The zero-order chi connectivity index (χ0) is 14.8. The van der Waals surface area contributed by atoms with Crippen molar-refractivity contribution in [1.82, 2.24) is 4.98 Å². The lowest BCUT2D eigenvalue weighted by Gasteiger charge is -2.17. The molecule has 1 atom stereocenters. The van der Waals surface area contributed by atoms with Gasteiger partial charge in [-0.3, -0.25) is 4.98 Å². The second kappa shape index (κ2) is 5.40. The van der Waals surface area contributed by atoms with Crippen LogP contribution in [0.1, 0.15) is 18.5 Å². The maximum absolute atomic E-state index is 13.0. The van der Waals surface area contributed by atoms with Gasteiger partial charge in [-0.2, -0.15) is 0 Å². The SMILES string of the molecule is CC(Nc1ccnc2cc(N)ccc12)c1ccc(F)cc1. The first-order valence-electron chi connectivity index (χ1n) is 6.80. The summed E-state index contributed by atoms with van der Waals surface area (Å²) in [5.74, 6) is -0.226. The van der Waals surface area contributed by atoms with Crippen molar-refractivity contribution in [2.75, 3.05) is 11.1 Å². The Morgan fingerprint density at radius 3 is 2.62 bits per heavy atom. The standard InChI is InChI=1S/C17H16FN3/c1-11(12-2-4-13(18)5-3-12)21-16-8-9-20-17-10-14(19)6-7-15(16)17/h2-11H,19H2,1H3,(H,20,21). The summed E-state index contributed by atoms with van der Waals surface area (Å²) >= 11 is 0. The van der Waals surface area contributed by atoms with Gasteiger partial charge in [0.15, 0.2) is 0 Å². The van der Waals surface area contributed by atoms with Crippen LogP contribution in [-0.4, -0.2) is 4.98 Å². The van der Waals surface area contributed by atoms with E-state index in [2.05, 4.69) is 10.3 Å². The molecule has 0 amide bonds. The molecule has 1 unspecified atom stereocenters. The molecule has 0 saturated carbocycles. The Kier molecular flexibility index (Phi) is 3.44. The fourth-order valence-corrected chi connectivity index (χ4v) is 2.36. The van der Waals surface area contributed by atoms with Crippen molar-refractivity contribution >= 4 is 22.3 Å². The third-order valence-electron chi connectivity index (χ3n) is 3.51. The van der Waals surface area contributed by atoms with E-state index in [1.807, 2.05) is 31.2 Å². The number of halogens is 1. The van der Waals surface area contributed by atoms with E-state index in [1.165, 1.54) is 12.1 Å². The maximum Gasteiger partial charge on any atom is 0.123 e. The van der Waals surface area contributed by atoms with Gasteiger partial charge in [0, 0.05) is 29.0 Å². The predicted octanol–water partition coefficient (Wildman–Crippen LogP) is 4.13. The van der Waals surface area contributed by atoms with Crippen LogP contribution in [0.5, 0.6) is 0 Å². The number of nitrogen functional groups attached to an aromatic ring is 1. The lowest BCUT2D eigenvalue weighted by Crippen LogP contribution is -2.07. The molecule has 1 aromatic heterocycles. The zero-order valence-corrected chi connectivity index (χ0v) is 11.7. The minimum atomic E-state index is -0.226. The third kappa shape index (κ3) is 2.79. The summed E-state index contributed by atoms with van der Waals surface area (Å²) in [6, 6.07) is 14.2. The number of pyridine rings is 1. The van der Waals surface area contributed by atoms with Gasteiger partial charge in [0.05, 0.1) is 5.52 Å². The number of nitrogens with zero attached hydrogens (tertiary/aromatic N) is 1. The van der Waals surface area contributed by atoms with Gasteiger partial charge in [-0.15, -0.1) is 0 Å². The number of hydrogen-bond acceptors (Lipinski definition) is 3. The summed E-state index contributed by atoms with van der Waals surface area (Å²) in [7, 11) is 0. The molecule has 3 rings (SSSR count). The quantitative estimate of drug-likeness (QED) is 0.710. The normalized spacial score (nSPS) is 12.3. The summed E-state index contributed by atoms with van der Waals surface area (Å²) in [5, 5.41) is 4.45. The average molecular weight is 281 g/mol. The van der Waals surface area contributed by atoms with E-state index in [9.17, 15) is 4.39 Å². The fourth-order valence-electron chi connectivity index (χ4n) is 2.36. The largest absolute Gasteiger partial charge is 0.399 e. The van der Waals surface area contributed by atoms with E-state index in [0.29, 0.717) is 5.69 Å². The minimum absolute atomic E-state index is 0.0637. The summed E-state index contributed by atoms with van der Waals surface area (Å²) < 4.78 is 13.0. The number of nitrogens with one attached hydrogen (secondary N) is 1. The van der Waals surface area contributed by atoms with E-state index in [-0.39, 0.29) is 11.9 Å². The first kappa shape index (κ1) is 13.4. The Bertz CT molecular complexity index is 769. The van der Waals surface area contributed by atoms with Crippen LogP contribution in [0.15, 0.2) is 54.7 Å². The van der Waals surface area contributed by atoms with Crippen LogP contribution in [0.25, 0.3) is 10.9 Å². The van der Waals surface area contributed by atoms with Gasteiger partial charge in [-0.05, 0) is 48.9 Å². The second-order valence-electron chi connectivity index (χ2n) is 5.05. The average Bonchev–Trinajstić information content (AvgIpc) is 2.47. The fraction of sp³-hybridized carbons (Fsp3) is 0.118. The molecule has 0 saturated heterocycles. The van der Waals surface area contributed by atoms with Gasteiger partial charge in [0.1, 0.15) is 5.82 Å². The van der Waals surface area contributed by atoms with Gasteiger partial charge in [-0.25, -0.2) is 4.39 Å². The molecule has 106 valence electrons. The van der Waals surface area contributed by atoms with Crippen molar-refractivity contribution in [2.24, 2.45) is 0 Å². The highest BCUT2D eigenvalue weighted by Gasteiger charge is 2.08. The molecule has 0 fully saturated rings. The Balaban J connectivity index is 1.92. The Morgan fingerprint density at radius 2 is 1.86 bits per heavy atom. The smallest absolute Gasteiger partial charge is 0.123 e. The van der Waals surface area contributed by atoms with Crippen LogP contribution >= 0.6 is 0 Å². The molecule has 1 heterocycles. The molecular formula is C17H16FN3. The van der Waals surface area contributed by atoms with Gasteiger partial charge in [0.2, 0.25) is 0 Å². The van der Waals surface area contributed by atoms with Gasteiger partial charge >= 0.3 is 0 Å². The number of hydrogen-bond donors (Lipinski definition) is 2. The summed E-state index contributed by atoms with van der Waals surface area (Å²) in [4.78, 5) is 4.32. The van der Waals surface area contributed by atoms with E-state index in [0.717, 1.165) is 22.2 Å². The van der Waals surface area contributed by atoms with Crippen LogP contribution in [-0.2, 0) is 0 Å². The summed E-state index contributed by atoms with van der Waals surface area (Å²) in [6.07, 6.45) is 1.75. The van der Waals surface area contributed by atoms with Crippen LogP contribution in [0.3, 0.4) is 0 Å². The highest BCUT2D eigenvalue weighted by Crippen LogP contribution is 2.27. The molecule has 0 aliphatic heterocycles. The highest BCUT2D eigenvalue weighted by molar-refractivity contribution is 5.92. The Labute approximate surface area is 122 Å². The number of fused-ring (bicyclic) bond motifs is 1. The molecule has 0 bridgehead atoms. The Hall–Kier alpha value is -2.62. The third-order valence-corrected chi connectivity index (χ3v) is 3.51. The molecule has 2 aromatic carbocycles. The molecule has 0 aliphatic rings. The van der Waals surface area contributed by atoms with E-state index >= 15 is 0 Å². The molecule has 0 aliphatic carbocycles. The maximum atomic E-state index is 13.0. The van der Waals surface area contributed by atoms with Crippen molar-refractivity contribution in [2.45, 2.75) is 13.0 Å². The highest BCUT2D eigenvalue weighted by atomic mass is 19.1. The van der Waals surface area contributed by atoms with Crippen molar-refractivity contribution in [1.29, 1.82) is 0 Å². The summed E-state index contributed by atoms with van der Waals surface area (Å²) in [5.41, 5.74) is 9.34. The van der Waals surface area contributed by atoms with Crippen LogP contribution < -0.4 is 11.1 Å². The predicted molar refractivity (Wildman–Crippen MR) is 84.6 cm³/mol. The van der Waals surface area contributed by atoms with E-state index < -0.39 is 0 Å². The first-order valence-corrected chi connectivity index (χ1v) is 6.80. The molecule has 3 aromatic rings. The van der Waals surface area contributed by atoms with Crippen molar-refractivity contribution < 1.29 is 4.39 Å². The van der Waals surface area contributed by atoms with Gasteiger partial charge in [-0.1, -0.05) is 12.1 Å². The number of rotatable bonds is 3. The minimum Gasteiger partial charge on any atom is -0.399 e. The lowest BCUT2D eigenvalue weighted by atomic mass is 10.1. The molecule has 0 spiro atoms. The lowest BCUT2D eigenvalue weighted by molar-refractivity contribution is 0.626. The molecule has 4 heteroatoms. The van der Waals surface area contributed by atoms with Crippen LogP contribution in [0.2, 0.25) is 0 Å². The van der Waals surface area contributed by atoms with Crippen LogP contribution in [0.4, 0.5) is 15.8 Å². The number of benzene rings is 2. The monoisotopic (exact) mass is 281 g/mol. The van der Waals surface area contributed by atoms with E-state index in [4.69, 9.17) is 5.73 Å². The van der Waals surface area contributed by atoms with Gasteiger partial charge in [0.25, 0.3) is 0 Å². The topological polar surface area (TPSA) is 50.9 Å². The number of aromatic nitrogens is 1. The molecule has 21 heavy (non-hydrogen) atoms.